The maximum atomic E-state index is 14.0. The Bertz CT molecular complexity index is 2130. The van der Waals surface area contributed by atoms with Gasteiger partial charge in [0.1, 0.15) is 17.3 Å². The Labute approximate surface area is 259 Å². The van der Waals surface area contributed by atoms with Gasteiger partial charge in [-0.3, -0.25) is 24.3 Å². The van der Waals surface area contributed by atoms with Gasteiger partial charge in [-0.2, -0.15) is 0 Å². The van der Waals surface area contributed by atoms with Crippen LogP contribution in [0.25, 0.3) is 17.4 Å². The second-order valence-corrected chi connectivity index (χ2v) is 11.2. The van der Waals surface area contributed by atoms with Gasteiger partial charge in [0.2, 0.25) is 0 Å². The first-order valence-electron chi connectivity index (χ1n) is 13.3. The molecule has 1 amide bonds. The lowest BCUT2D eigenvalue weighted by Gasteiger charge is -2.25. The maximum Gasteiger partial charge on any atom is 0.273 e. The number of aromatic nitrogens is 1. The number of non-ortho nitro benzene ring substituents is 1. The van der Waals surface area contributed by atoms with Crippen LogP contribution in [0.1, 0.15) is 24.3 Å². The summed E-state index contributed by atoms with van der Waals surface area (Å²) >= 11 is 7.34. The molecule has 1 unspecified atom stereocenters. The number of carbonyl (C=O) groups is 1. The van der Waals surface area contributed by atoms with E-state index in [9.17, 15) is 19.7 Å². The highest BCUT2D eigenvalue weighted by Gasteiger charge is 2.32. The van der Waals surface area contributed by atoms with Crippen LogP contribution in [0, 0.1) is 10.1 Å². The van der Waals surface area contributed by atoms with Crippen LogP contribution in [0.4, 0.5) is 11.4 Å². The van der Waals surface area contributed by atoms with E-state index < -0.39 is 11.0 Å². The molecule has 1 N–H and O–H groups in total. The number of methoxy groups -OCH3 is 1. The van der Waals surface area contributed by atoms with Crippen LogP contribution < -0.4 is 24.9 Å². The number of nitro benzene ring substituents is 1. The number of rotatable bonds is 7. The van der Waals surface area contributed by atoms with Crippen molar-refractivity contribution < 1.29 is 18.9 Å². The summed E-state index contributed by atoms with van der Waals surface area (Å²) in [5.41, 5.74) is 2.19. The molecule has 0 saturated heterocycles. The Balaban J connectivity index is 1.43. The number of nitrogens with one attached hydrogen (secondary N) is 1. The number of ether oxygens (including phenoxy) is 1. The zero-order chi connectivity index (χ0) is 31.0. The molecule has 3 aromatic carbocycles. The topological polar surface area (TPSA) is 129 Å². The van der Waals surface area contributed by atoms with Gasteiger partial charge in [-0.25, -0.2) is 4.99 Å². The molecule has 1 aliphatic heterocycles. The normalized spacial score (nSPS) is 14.6. The number of para-hydroxylation sites is 1. The van der Waals surface area contributed by atoms with Crippen molar-refractivity contribution >= 4 is 46.3 Å². The highest BCUT2D eigenvalue weighted by atomic mass is 35.5. The molecular formula is C32H23ClN4O6S. The zero-order valence-electron chi connectivity index (χ0n) is 23.3. The summed E-state index contributed by atoms with van der Waals surface area (Å²) in [5.74, 6) is 0.690. The van der Waals surface area contributed by atoms with Gasteiger partial charge in [0.25, 0.3) is 17.2 Å². The number of furan rings is 1. The van der Waals surface area contributed by atoms with E-state index in [1.54, 1.807) is 67.6 Å². The minimum absolute atomic E-state index is 0.110. The lowest BCUT2D eigenvalue weighted by molar-refractivity contribution is -0.384. The molecule has 0 radical (unpaired) electrons. The number of carbonyl (C=O) groups excluding carboxylic acids is 1. The molecule has 5 aromatic rings. The lowest BCUT2D eigenvalue weighted by atomic mass is 9.95. The van der Waals surface area contributed by atoms with Crippen LogP contribution in [0.2, 0.25) is 5.02 Å². The molecule has 1 atom stereocenters. The highest BCUT2D eigenvalue weighted by Crippen LogP contribution is 2.35. The number of hydrogen-bond acceptors (Lipinski definition) is 8. The van der Waals surface area contributed by atoms with Gasteiger partial charge in [0.15, 0.2) is 4.80 Å². The molecule has 0 bridgehead atoms. The highest BCUT2D eigenvalue weighted by molar-refractivity contribution is 7.07. The molecule has 44 heavy (non-hydrogen) atoms. The van der Waals surface area contributed by atoms with E-state index in [1.165, 1.54) is 35.1 Å². The fourth-order valence-corrected chi connectivity index (χ4v) is 6.15. The minimum atomic E-state index is -0.758. The van der Waals surface area contributed by atoms with Crippen molar-refractivity contribution in [1.82, 2.24) is 4.57 Å². The first-order chi connectivity index (χ1) is 21.2. The first kappa shape index (κ1) is 28.8. The summed E-state index contributed by atoms with van der Waals surface area (Å²) in [5, 5.41) is 14.6. The van der Waals surface area contributed by atoms with Crippen LogP contribution in [0.3, 0.4) is 0 Å². The van der Waals surface area contributed by atoms with Crippen molar-refractivity contribution in [2.75, 3.05) is 12.4 Å². The van der Waals surface area contributed by atoms with Gasteiger partial charge in [-0.1, -0.05) is 53.3 Å². The summed E-state index contributed by atoms with van der Waals surface area (Å²) in [4.78, 5) is 43.4. The van der Waals surface area contributed by atoms with Gasteiger partial charge in [0, 0.05) is 22.9 Å². The van der Waals surface area contributed by atoms with Crippen molar-refractivity contribution in [2.45, 2.75) is 13.0 Å². The van der Waals surface area contributed by atoms with E-state index in [4.69, 9.17) is 20.8 Å². The molecule has 220 valence electrons. The summed E-state index contributed by atoms with van der Waals surface area (Å²) in [7, 11) is 1.42. The number of thiazole rings is 1. The Morgan fingerprint density at radius 2 is 1.86 bits per heavy atom. The van der Waals surface area contributed by atoms with Gasteiger partial charge in [-0.15, -0.1) is 0 Å². The number of hydrogen-bond donors (Lipinski definition) is 1. The average molecular weight is 627 g/mol. The number of benzene rings is 3. The number of amides is 1. The first-order valence-corrected chi connectivity index (χ1v) is 14.5. The van der Waals surface area contributed by atoms with Crippen LogP contribution in [0.5, 0.6) is 5.75 Å². The largest absolute Gasteiger partial charge is 0.496 e. The van der Waals surface area contributed by atoms with Gasteiger partial charge < -0.3 is 14.5 Å². The van der Waals surface area contributed by atoms with Crippen LogP contribution in [-0.2, 0) is 4.79 Å². The number of nitrogens with zero attached hydrogens (tertiary/aromatic N) is 3. The van der Waals surface area contributed by atoms with Crippen molar-refractivity contribution in [2.24, 2.45) is 4.99 Å². The van der Waals surface area contributed by atoms with E-state index in [2.05, 4.69) is 10.3 Å². The van der Waals surface area contributed by atoms with E-state index in [0.717, 1.165) is 0 Å². The molecule has 6 rings (SSSR count). The number of halogens is 1. The molecule has 0 fully saturated rings. The van der Waals surface area contributed by atoms with Gasteiger partial charge >= 0.3 is 0 Å². The van der Waals surface area contributed by atoms with Gasteiger partial charge in [-0.05, 0) is 55.0 Å². The van der Waals surface area contributed by atoms with Gasteiger partial charge in [0.05, 0.1) is 45.5 Å². The number of nitro groups is 1. The molecule has 0 spiro atoms. The van der Waals surface area contributed by atoms with Crippen molar-refractivity contribution in [3.05, 3.63) is 142 Å². The predicted molar refractivity (Wildman–Crippen MR) is 168 cm³/mol. The Hall–Kier alpha value is -5.26. The summed E-state index contributed by atoms with van der Waals surface area (Å²) in [6, 6.07) is 22.9. The Morgan fingerprint density at radius 3 is 2.57 bits per heavy atom. The van der Waals surface area contributed by atoms with E-state index >= 15 is 0 Å². The van der Waals surface area contributed by atoms with Crippen LogP contribution in [0.15, 0.2) is 110 Å². The fourth-order valence-electron chi connectivity index (χ4n) is 4.99. The second-order valence-electron chi connectivity index (χ2n) is 9.80. The fraction of sp³-hybridized carbons (Fsp3) is 0.0938. The Kier molecular flexibility index (Phi) is 7.73. The number of anilines is 1. The minimum Gasteiger partial charge on any atom is -0.496 e. The second kappa shape index (κ2) is 11.8. The molecular weight excluding hydrogens is 604 g/mol. The summed E-state index contributed by atoms with van der Waals surface area (Å²) in [6.45, 7) is 1.75. The standard InChI is InChI=1S/C32H23ClN4O6S/c1-18-28(30(38)35-21-6-4-3-5-7-21)29(19-8-10-20(33)11-9-19)36-31(39)27(44-32(36)34-18)17-23-13-15-25(43-23)24-14-12-22(37(40)41)16-26(24)42-2/h3-17,29H,1-2H3,(H,35,38)/b27-17-. The van der Waals surface area contributed by atoms with Crippen molar-refractivity contribution in [1.29, 1.82) is 0 Å². The van der Waals surface area contributed by atoms with Crippen LogP contribution >= 0.6 is 22.9 Å². The molecule has 0 aliphatic carbocycles. The molecule has 0 saturated carbocycles. The lowest BCUT2D eigenvalue weighted by Crippen LogP contribution is -2.40. The zero-order valence-corrected chi connectivity index (χ0v) is 24.9. The molecule has 12 heteroatoms. The van der Waals surface area contributed by atoms with Crippen molar-refractivity contribution in [3.63, 3.8) is 0 Å². The van der Waals surface area contributed by atoms with E-state index in [-0.39, 0.29) is 22.9 Å². The average Bonchev–Trinajstić information content (AvgIpc) is 3.60. The van der Waals surface area contributed by atoms with E-state index in [1.807, 2.05) is 18.2 Å². The summed E-state index contributed by atoms with van der Waals surface area (Å²) in [6.07, 6.45) is 1.60. The molecule has 10 nitrogen and oxygen atoms in total. The monoisotopic (exact) mass is 626 g/mol. The molecule has 2 aromatic heterocycles. The predicted octanol–water partition coefficient (Wildman–Crippen LogP) is 5.70. The third kappa shape index (κ3) is 5.46. The third-order valence-corrected chi connectivity index (χ3v) is 8.28. The maximum absolute atomic E-state index is 14.0. The smallest absolute Gasteiger partial charge is 0.273 e. The van der Waals surface area contributed by atoms with Crippen LogP contribution in [-0.4, -0.2) is 22.5 Å². The number of fused-ring (bicyclic) bond motifs is 1. The molecule has 1 aliphatic rings. The third-order valence-electron chi connectivity index (χ3n) is 7.05. The summed E-state index contributed by atoms with van der Waals surface area (Å²) < 4.78 is 13.2. The SMILES string of the molecule is COc1cc([N+](=O)[O-])ccc1-c1ccc(/C=c2\sc3n(c2=O)C(c2ccc(Cl)cc2)C(C(=O)Nc2ccccc2)=C(C)N=3)o1. The quantitative estimate of drug-likeness (QED) is 0.182. The van der Waals surface area contributed by atoms with E-state index in [0.29, 0.717) is 54.0 Å². The number of allylic oxidation sites excluding steroid dienone is 1. The molecule has 3 heterocycles. The Morgan fingerprint density at radius 1 is 1.11 bits per heavy atom. The van der Waals surface area contributed by atoms with Crippen molar-refractivity contribution in [3.8, 4) is 17.1 Å².